The number of benzene rings is 1. The molecule has 2 aliphatic rings. The summed E-state index contributed by atoms with van der Waals surface area (Å²) in [6.45, 7) is 1.96. The SMILES string of the molecule is C[C@H]1Cc2cc(S(=O)(=O)CCC(=O)O)ccc2N1C(=O)C1CC1. The highest BCUT2D eigenvalue weighted by Crippen LogP contribution is 2.39. The molecule has 1 heterocycles. The van der Waals surface area contributed by atoms with Gasteiger partial charge in [-0.05, 0) is 49.9 Å². The van der Waals surface area contributed by atoms with Crippen molar-refractivity contribution in [2.45, 2.75) is 43.5 Å². The molecule has 0 unspecified atom stereocenters. The highest BCUT2D eigenvalue weighted by molar-refractivity contribution is 7.91. The van der Waals surface area contributed by atoms with Gasteiger partial charge in [0, 0.05) is 17.6 Å². The molecule has 124 valence electrons. The first-order valence-electron chi connectivity index (χ1n) is 7.70. The molecule has 7 heteroatoms. The Labute approximate surface area is 135 Å². The lowest BCUT2D eigenvalue weighted by molar-refractivity contribution is -0.136. The Morgan fingerprint density at radius 2 is 2.00 bits per heavy atom. The first kappa shape index (κ1) is 16.0. The lowest BCUT2D eigenvalue weighted by Gasteiger charge is -2.22. The van der Waals surface area contributed by atoms with E-state index in [1.54, 1.807) is 17.0 Å². The van der Waals surface area contributed by atoms with Crippen LogP contribution >= 0.6 is 0 Å². The summed E-state index contributed by atoms with van der Waals surface area (Å²) < 4.78 is 24.4. The highest BCUT2D eigenvalue weighted by atomic mass is 32.2. The van der Waals surface area contributed by atoms with Crippen molar-refractivity contribution < 1.29 is 23.1 Å². The van der Waals surface area contributed by atoms with Crippen molar-refractivity contribution in [1.82, 2.24) is 0 Å². The Kier molecular flexibility index (Phi) is 3.91. The molecule has 0 saturated heterocycles. The smallest absolute Gasteiger partial charge is 0.304 e. The fraction of sp³-hybridized carbons (Fsp3) is 0.500. The van der Waals surface area contributed by atoms with Gasteiger partial charge >= 0.3 is 5.97 Å². The molecule has 0 bridgehead atoms. The van der Waals surface area contributed by atoms with Gasteiger partial charge in [-0.1, -0.05) is 0 Å². The Morgan fingerprint density at radius 1 is 1.30 bits per heavy atom. The molecule has 0 aromatic heterocycles. The van der Waals surface area contributed by atoms with E-state index in [0.717, 1.165) is 24.1 Å². The Hall–Kier alpha value is -1.89. The molecule has 1 fully saturated rings. The van der Waals surface area contributed by atoms with Crippen LogP contribution in [0, 0.1) is 5.92 Å². The summed E-state index contributed by atoms with van der Waals surface area (Å²) in [5, 5.41) is 8.66. The maximum Gasteiger partial charge on any atom is 0.304 e. The third-order valence-corrected chi connectivity index (χ3v) is 6.09. The third kappa shape index (κ3) is 3.10. The lowest BCUT2D eigenvalue weighted by atomic mass is 10.1. The number of carboxylic acid groups (broad SMARTS) is 1. The summed E-state index contributed by atoms with van der Waals surface area (Å²) in [5.41, 5.74) is 1.62. The lowest BCUT2D eigenvalue weighted by Crippen LogP contribution is -2.36. The van der Waals surface area contributed by atoms with Crippen LogP contribution < -0.4 is 4.90 Å². The number of anilines is 1. The average molecular weight is 337 g/mol. The number of carbonyl (C=O) groups is 2. The van der Waals surface area contributed by atoms with E-state index in [-0.39, 0.29) is 22.8 Å². The van der Waals surface area contributed by atoms with E-state index in [1.165, 1.54) is 6.07 Å². The number of rotatable bonds is 5. The predicted octanol–water partition coefficient (Wildman–Crippen LogP) is 1.62. The number of carboxylic acids is 1. The number of sulfone groups is 1. The summed E-state index contributed by atoms with van der Waals surface area (Å²) in [7, 11) is -3.62. The first-order chi connectivity index (χ1) is 10.8. The number of hydrogen-bond donors (Lipinski definition) is 1. The van der Waals surface area contributed by atoms with E-state index in [2.05, 4.69) is 0 Å². The second-order valence-corrected chi connectivity index (χ2v) is 8.40. The molecule has 1 saturated carbocycles. The van der Waals surface area contributed by atoms with Gasteiger partial charge in [0.15, 0.2) is 9.84 Å². The molecule has 6 nitrogen and oxygen atoms in total. The maximum absolute atomic E-state index is 12.4. The molecule has 23 heavy (non-hydrogen) atoms. The van der Waals surface area contributed by atoms with E-state index >= 15 is 0 Å². The molecule has 1 aromatic rings. The van der Waals surface area contributed by atoms with Crippen molar-refractivity contribution in [3.63, 3.8) is 0 Å². The predicted molar refractivity (Wildman–Crippen MR) is 84.1 cm³/mol. The largest absolute Gasteiger partial charge is 0.481 e. The van der Waals surface area contributed by atoms with Crippen molar-refractivity contribution in [2.24, 2.45) is 5.92 Å². The van der Waals surface area contributed by atoms with Crippen LogP contribution in [0.4, 0.5) is 5.69 Å². The van der Waals surface area contributed by atoms with Crippen LogP contribution in [0.1, 0.15) is 31.7 Å². The molecular weight excluding hydrogens is 318 g/mol. The molecule has 1 aromatic carbocycles. The molecule has 1 N–H and O–H groups in total. The summed E-state index contributed by atoms with van der Waals surface area (Å²) in [6.07, 6.45) is 2.07. The number of carbonyl (C=O) groups excluding carboxylic acids is 1. The van der Waals surface area contributed by atoms with E-state index in [9.17, 15) is 18.0 Å². The number of hydrogen-bond acceptors (Lipinski definition) is 4. The minimum atomic E-state index is -3.62. The monoisotopic (exact) mass is 337 g/mol. The number of aliphatic carboxylic acids is 1. The normalized spacial score (nSPS) is 20.4. The minimum Gasteiger partial charge on any atom is -0.481 e. The minimum absolute atomic E-state index is 0.0232. The van der Waals surface area contributed by atoms with E-state index in [4.69, 9.17) is 5.11 Å². The topological polar surface area (TPSA) is 91.8 Å². The van der Waals surface area contributed by atoms with E-state index in [0.29, 0.717) is 6.42 Å². The fourth-order valence-electron chi connectivity index (χ4n) is 3.00. The molecular formula is C16H19NO5S. The number of amides is 1. The van der Waals surface area contributed by atoms with Gasteiger partial charge < -0.3 is 10.0 Å². The van der Waals surface area contributed by atoms with Crippen LogP contribution in [0.2, 0.25) is 0 Å². The first-order valence-corrected chi connectivity index (χ1v) is 9.35. The van der Waals surface area contributed by atoms with Gasteiger partial charge in [-0.15, -0.1) is 0 Å². The zero-order valence-corrected chi connectivity index (χ0v) is 13.7. The Balaban J connectivity index is 1.87. The third-order valence-electron chi connectivity index (χ3n) is 4.37. The van der Waals surface area contributed by atoms with Crippen molar-refractivity contribution in [2.75, 3.05) is 10.7 Å². The van der Waals surface area contributed by atoms with Crippen LogP contribution in [0.3, 0.4) is 0 Å². The summed E-state index contributed by atoms with van der Waals surface area (Å²) in [6, 6.07) is 4.76. The van der Waals surface area contributed by atoms with Crippen molar-refractivity contribution in [3.05, 3.63) is 23.8 Å². The van der Waals surface area contributed by atoms with Gasteiger partial charge in [-0.3, -0.25) is 9.59 Å². The van der Waals surface area contributed by atoms with Gasteiger partial charge in [0.1, 0.15) is 0 Å². The van der Waals surface area contributed by atoms with Gasteiger partial charge in [0.05, 0.1) is 17.1 Å². The van der Waals surface area contributed by atoms with Crippen molar-refractivity contribution >= 4 is 27.4 Å². The second-order valence-electron chi connectivity index (χ2n) is 6.29. The van der Waals surface area contributed by atoms with Crippen LogP contribution in [0.15, 0.2) is 23.1 Å². The van der Waals surface area contributed by atoms with Crippen LogP contribution in [0.5, 0.6) is 0 Å². The van der Waals surface area contributed by atoms with Gasteiger partial charge in [0.25, 0.3) is 0 Å². The quantitative estimate of drug-likeness (QED) is 0.881. The van der Waals surface area contributed by atoms with Gasteiger partial charge in [-0.2, -0.15) is 0 Å². The fourth-order valence-corrected chi connectivity index (χ4v) is 4.28. The Bertz CT molecular complexity index is 767. The van der Waals surface area contributed by atoms with E-state index < -0.39 is 28.0 Å². The number of fused-ring (bicyclic) bond motifs is 1. The molecule has 0 spiro atoms. The molecule has 3 rings (SSSR count). The zero-order valence-electron chi connectivity index (χ0n) is 12.9. The maximum atomic E-state index is 12.4. The van der Waals surface area contributed by atoms with Crippen molar-refractivity contribution in [3.8, 4) is 0 Å². The van der Waals surface area contributed by atoms with Crippen LogP contribution in [-0.4, -0.2) is 37.2 Å². The summed E-state index contributed by atoms with van der Waals surface area (Å²) in [5.74, 6) is -1.31. The highest BCUT2D eigenvalue weighted by Gasteiger charge is 2.39. The van der Waals surface area contributed by atoms with Gasteiger partial charge in [-0.25, -0.2) is 8.42 Å². The van der Waals surface area contributed by atoms with Crippen LogP contribution in [0.25, 0.3) is 0 Å². The van der Waals surface area contributed by atoms with Crippen LogP contribution in [-0.2, 0) is 25.8 Å². The van der Waals surface area contributed by atoms with E-state index in [1.807, 2.05) is 6.92 Å². The molecule has 1 aliphatic carbocycles. The summed E-state index contributed by atoms with van der Waals surface area (Å²) in [4.78, 5) is 24.9. The average Bonchev–Trinajstić information content (AvgIpc) is 3.27. The zero-order chi connectivity index (χ0) is 16.8. The van der Waals surface area contributed by atoms with Crippen molar-refractivity contribution in [1.29, 1.82) is 0 Å². The van der Waals surface area contributed by atoms with Gasteiger partial charge in [0.2, 0.25) is 5.91 Å². The summed E-state index contributed by atoms with van der Waals surface area (Å²) >= 11 is 0. The number of nitrogens with zero attached hydrogens (tertiary/aromatic N) is 1. The Morgan fingerprint density at radius 3 is 2.61 bits per heavy atom. The second kappa shape index (κ2) is 5.63. The molecule has 1 atom stereocenters. The molecule has 1 aliphatic heterocycles. The molecule has 1 amide bonds. The standard InChI is InChI=1S/C16H19NO5S/c1-10-8-12-9-13(23(21,22)7-6-15(18)19)4-5-14(12)17(10)16(20)11-2-3-11/h4-5,9-11H,2-3,6-8H2,1H3,(H,18,19)/t10-/m0/s1. The molecule has 0 radical (unpaired) electrons.